The number of carbonyl (C=O) groups excluding carboxylic acids is 2. The fourth-order valence-electron chi connectivity index (χ4n) is 2.89. The number of pyridine rings is 1. The Morgan fingerprint density at radius 1 is 1.07 bits per heavy atom. The number of hydrogen-bond acceptors (Lipinski definition) is 8. The number of carbonyl (C=O) groups is 2. The maximum absolute atomic E-state index is 12.3. The number of esters is 2. The minimum atomic E-state index is -0.635. The number of anilines is 1. The molecule has 0 saturated heterocycles. The van der Waals surface area contributed by atoms with Gasteiger partial charge < -0.3 is 23.8 Å². The van der Waals surface area contributed by atoms with Crippen LogP contribution in [-0.4, -0.2) is 51.1 Å². The van der Waals surface area contributed by atoms with Gasteiger partial charge in [-0.05, 0) is 36.4 Å². The molecule has 152 valence electrons. The fourth-order valence-corrected chi connectivity index (χ4v) is 2.89. The average Bonchev–Trinajstić information content (AvgIpc) is 2.78. The first-order chi connectivity index (χ1) is 14.1. The van der Waals surface area contributed by atoms with Crippen molar-refractivity contribution in [3.05, 3.63) is 65.6 Å². The molecule has 0 aliphatic carbocycles. The lowest BCUT2D eigenvalue weighted by molar-refractivity contribution is -0.140. The summed E-state index contributed by atoms with van der Waals surface area (Å²) in [6.07, 6.45) is 2.44. The van der Waals surface area contributed by atoms with Gasteiger partial charge in [-0.1, -0.05) is 6.07 Å². The normalized spacial score (nSPS) is 13.8. The largest absolute Gasteiger partial charge is 0.493 e. The Bertz CT molecular complexity index is 880. The van der Waals surface area contributed by atoms with Crippen molar-refractivity contribution in [2.45, 2.75) is 6.42 Å². The molecule has 8 nitrogen and oxygen atoms in total. The van der Waals surface area contributed by atoms with Gasteiger partial charge in [-0.2, -0.15) is 0 Å². The number of ether oxygens (including phenoxy) is 4. The third-order valence-electron chi connectivity index (χ3n) is 4.33. The number of methoxy groups -OCH3 is 2. The summed E-state index contributed by atoms with van der Waals surface area (Å²) >= 11 is 0. The van der Waals surface area contributed by atoms with Crippen molar-refractivity contribution in [3.8, 4) is 5.75 Å². The molecule has 2 heterocycles. The summed E-state index contributed by atoms with van der Waals surface area (Å²) in [4.78, 5) is 30.2. The first kappa shape index (κ1) is 20.3. The van der Waals surface area contributed by atoms with Gasteiger partial charge in [0.05, 0.1) is 33.0 Å². The van der Waals surface area contributed by atoms with E-state index in [-0.39, 0.29) is 24.6 Å². The predicted octanol–water partition coefficient (Wildman–Crippen LogP) is 2.10. The van der Waals surface area contributed by atoms with Crippen LogP contribution >= 0.6 is 0 Å². The van der Waals surface area contributed by atoms with E-state index < -0.39 is 11.9 Å². The lowest BCUT2D eigenvalue weighted by Crippen LogP contribution is -2.38. The summed E-state index contributed by atoms with van der Waals surface area (Å²) in [6.45, 7) is 0.566. The maximum Gasteiger partial charge on any atom is 0.355 e. The van der Waals surface area contributed by atoms with Gasteiger partial charge in [-0.25, -0.2) is 9.59 Å². The standard InChI is InChI=1S/C21H22N2O6/c1-26-20(24)18-13-28-14-23(19(18)21(25)27-2)16-6-8-17(9-7-16)29-12-10-15-5-3-4-11-22-15/h3-9,11H,10,12-14H2,1-2H3. The summed E-state index contributed by atoms with van der Waals surface area (Å²) < 4.78 is 20.8. The summed E-state index contributed by atoms with van der Waals surface area (Å²) in [5.41, 5.74) is 1.83. The summed E-state index contributed by atoms with van der Waals surface area (Å²) in [6, 6.07) is 12.9. The Morgan fingerprint density at radius 2 is 1.83 bits per heavy atom. The van der Waals surface area contributed by atoms with Gasteiger partial charge in [-0.15, -0.1) is 0 Å². The van der Waals surface area contributed by atoms with Crippen molar-refractivity contribution < 1.29 is 28.5 Å². The van der Waals surface area contributed by atoms with Gasteiger partial charge in [0.1, 0.15) is 18.2 Å². The molecule has 1 aliphatic rings. The molecule has 1 aromatic heterocycles. The monoisotopic (exact) mass is 398 g/mol. The minimum absolute atomic E-state index is 0.0255. The number of hydrogen-bond donors (Lipinski definition) is 0. The third kappa shape index (κ3) is 4.91. The molecular weight excluding hydrogens is 376 g/mol. The molecule has 1 aromatic carbocycles. The topological polar surface area (TPSA) is 87.2 Å². The first-order valence-corrected chi connectivity index (χ1v) is 9.02. The molecule has 2 aromatic rings. The van der Waals surface area contributed by atoms with Crippen LogP contribution in [0.25, 0.3) is 0 Å². The van der Waals surface area contributed by atoms with Crippen molar-refractivity contribution in [3.63, 3.8) is 0 Å². The highest BCUT2D eigenvalue weighted by Gasteiger charge is 2.32. The van der Waals surface area contributed by atoms with Gasteiger partial charge in [0, 0.05) is 24.0 Å². The Labute approximate surface area is 168 Å². The first-order valence-electron chi connectivity index (χ1n) is 9.02. The quantitative estimate of drug-likeness (QED) is 0.656. The second-order valence-electron chi connectivity index (χ2n) is 6.13. The lowest BCUT2D eigenvalue weighted by Gasteiger charge is -2.31. The van der Waals surface area contributed by atoms with E-state index in [1.807, 2.05) is 18.2 Å². The Morgan fingerprint density at radius 3 is 2.48 bits per heavy atom. The summed E-state index contributed by atoms with van der Waals surface area (Å²) in [5.74, 6) is -0.589. The zero-order valence-corrected chi connectivity index (χ0v) is 16.3. The van der Waals surface area contributed by atoms with Gasteiger partial charge in [0.2, 0.25) is 0 Å². The minimum Gasteiger partial charge on any atom is -0.493 e. The Kier molecular flexibility index (Phi) is 6.80. The SMILES string of the molecule is COC(=O)C1=C(C(=O)OC)N(c2ccc(OCCc3ccccn3)cc2)COC1. The van der Waals surface area contributed by atoms with Crippen molar-refractivity contribution in [1.82, 2.24) is 4.98 Å². The molecule has 0 atom stereocenters. The van der Waals surface area contributed by atoms with Crippen LogP contribution in [0.1, 0.15) is 5.69 Å². The second-order valence-corrected chi connectivity index (χ2v) is 6.13. The molecule has 0 amide bonds. The van der Waals surface area contributed by atoms with Gasteiger partial charge in [0.25, 0.3) is 0 Å². The molecule has 29 heavy (non-hydrogen) atoms. The number of aromatic nitrogens is 1. The van der Waals surface area contributed by atoms with Crippen LogP contribution < -0.4 is 9.64 Å². The summed E-state index contributed by atoms with van der Waals surface area (Å²) in [5, 5.41) is 0. The van der Waals surface area contributed by atoms with Crippen molar-refractivity contribution in [2.24, 2.45) is 0 Å². The van der Waals surface area contributed by atoms with E-state index in [4.69, 9.17) is 18.9 Å². The van der Waals surface area contributed by atoms with E-state index in [2.05, 4.69) is 4.98 Å². The molecule has 8 heteroatoms. The average molecular weight is 398 g/mol. The van der Waals surface area contributed by atoms with Gasteiger partial charge >= 0.3 is 11.9 Å². The number of rotatable bonds is 7. The molecular formula is C21H22N2O6. The van der Waals surface area contributed by atoms with Crippen molar-refractivity contribution in [2.75, 3.05) is 39.1 Å². The summed E-state index contributed by atoms with van der Waals surface area (Å²) in [7, 11) is 2.51. The molecule has 0 bridgehead atoms. The highest BCUT2D eigenvalue weighted by molar-refractivity contribution is 6.03. The van der Waals surface area contributed by atoms with Crippen LogP contribution in [0.15, 0.2) is 59.9 Å². The van der Waals surface area contributed by atoms with E-state index in [1.165, 1.54) is 14.2 Å². The Balaban J connectivity index is 1.73. The molecule has 0 N–H and O–H groups in total. The highest BCUT2D eigenvalue weighted by Crippen LogP contribution is 2.28. The van der Waals surface area contributed by atoms with Crippen LogP contribution in [-0.2, 0) is 30.2 Å². The molecule has 1 aliphatic heterocycles. The second kappa shape index (κ2) is 9.70. The van der Waals surface area contributed by atoms with E-state index in [1.54, 1.807) is 35.4 Å². The molecule has 0 fully saturated rings. The van der Waals surface area contributed by atoms with Crippen LogP contribution in [0, 0.1) is 0 Å². The number of nitrogens with zero attached hydrogens (tertiary/aromatic N) is 2. The molecule has 0 unspecified atom stereocenters. The van der Waals surface area contributed by atoms with Crippen molar-refractivity contribution >= 4 is 17.6 Å². The zero-order valence-electron chi connectivity index (χ0n) is 16.3. The fraction of sp³-hybridized carbons (Fsp3) is 0.286. The third-order valence-corrected chi connectivity index (χ3v) is 4.33. The zero-order chi connectivity index (χ0) is 20.6. The van der Waals surface area contributed by atoms with Crippen LogP contribution in [0.3, 0.4) is 0 Å². The smallest absolute Gasteiger partial charge is 0.355 e. The number of benzene rings is 1. The van der Waals surface area contributed by atoms with E-state index >= 15 is 0 Å². The molecule has 3 rings (SSSR count). The molecule has 0 saturated carbocycles. The van der Waals surface area contributed by atoms with E-state index in [0.717, 1.165) is 5.69 Å². The van der Waals surface area contributed by atoms with E-state index in [9.17, 15) is 9.59 Å². The van der Waals surface area contributed by atoms with Crippen LogP contribution in [0.4, 0.5) is 5.69 Å². The van der Waals surface area contributed by atoms with Gasteiger partial charge in [-0.3, -0.25) is 4.98 Å². The molecule has 0 spiro atoms. The van der Waals surface area contributed by atoms with Crippen molar-refractivity contribution in [1.29, 1.82) is 0 Å². The van der Waals surface area contributed by atoms with Gasteiger partial charge in [0.15, 0.2) is 0 Å². The maximum atomic E-state index is 12.3. The Hall–Kier alpha value is -3.39. The molecule has 0 radical (unpaired) electrons. The van der Waals surface area contributed by atoms with Crippen LogP contribution in [0.5, 0.6) is 5.75 Å². The predicted molar refractivity (Wildman–Crippen MR) is 104 cm³/mol. The lowest BCUT2D eigenvalue weighted by atomic mass is 10.1. The van der Waals surface area contributed by atoms with Crippen LogP contribution in [0.2, 0.25) is 0 Å². The van der Waals surface area contributed by atoms with E-state index in [0.29, 0.717) is 24.5 Å². The highest BCUT2D eigenvalue weighted by atomic mass is 16.5.